The van der Waals surface area contributed by atoms with Crippen LogP contribution >= 0.6 is 0 Å². The minimum atomic E-state index is -0.556. The summed E-state index contributed by atoms with van der Waals surface area (Å²) in [6.45, 7) is 3.63. The maximum atomic E-state index is 11.2. The van der Waals surface area contributed by atoms with Crippen molar-refractivity contribution in [2.75, 3.05) is 19.8 Å². The van der Waals surface area contributed by atoms with Crippen LogP contribution in [0.1, 0.15) is 26.7 Å². The summed E-state index contributed by atoms with van der Waals surface area (Å²) in [5.74, 6) is -1.24. The Morgan fingerprint density at radius 2 is 1.94 bits per heavy atom. The fraction of sp³-hybridized carbons (Fsp3) is 0.727. The van der Waals surface area contributed by atoms with Gasteiger partial charge in [0.25, 0.3) is 11.8 Å². The molecule has 1 atom stereocenters. The zero-order valence-electron chi connectivity index (χ0n) is 10.5. The zero-order chi connectivity index (χ0) is 13.5. The quantitative estimate of drug-likeness (QED) is 0.474. The van der Waals surface area contributed by atoms with Gasteiger partial charge in [0.05, 0.1) is 0 Å². The predicted molar refractivity (Wildman–Crippen MR) is 59.1 cm³/mol. The van der Waals surface area contributed by atoms with Gasteiger partial charge in [-0.05, 0) is 13.8 Å². The van der Waals surface area contributed by atoms with E-state index in [0.29, 0.717) is 6.61 Å². The average Bonchev–Trinajstić information content (AvgIpc) is 2.64. The van der Waals surface area contributed by atoms with E-state index < -0.39 is 12.1 Å². The monoisotopic (exact) mass is 259 g/mol. The Bertz CT molecular complexity index is 313. The molecule has 2 amide bonds. The molecule has 0 aromatic rings. The van der Waals surface area contributed by atoms with E-state index in [2.05, 4.69) is 0 Å². The Hall–Kier alpha value is -1.47. The number of imide groups is 1. The minimum absolute atomic E-state index is 0.0463. The number of nitrogens with zero attached hydrogens (tertiary/aromatic N) is 1. The fourth-order valence-electron chi connectivity index (χ4n) is 1.36. The number of hydroxylamine groups is 2. The van der Waals surface area contributed by atoms with E-state index in [1.807, 2.05) is 0 Å². The van der Waals surface area contributed by atoms with Gasteiger partial charge in [0, 0.05) is 19.4 Å². The summed E-state index contributed by atoms with van der Waals surface area (Å²) >= 11 is 0. The number of hydrogen-bond acceptors (Lipinski definition) is 6. The Morgan fingerprint density at radius 3 is 2.50 bits per heavy atom. The van der Waals surface area contributed by atoms with Crippen molar-refractivity contribution in [1.82, 2.24) is 5.06 Å². The van der Waals surface area contributed by atoms with Gasteiger partial charge in [-0.15, -0.1) is 0 Å². The van der Waals surface area contributed by atoms with Gasteiger partial charge in [-0.25, -0.2) is 4.79 Å². The molecule has 1 aliphatic rings. The molecular weight excluding hydrogens is 242 g/mol. The van der Waals surface area contributed by atoms with Crippen molar-refractivity contribution in [3.8, 4) is 0 Å². The van der Waals surface area contributed by atoms with E-state index in [-0.39, 0.29) is 37.9 Å². The first-order chi connectivity index (χ1) is 8.54. The lowest BCUT2D eigenvalue weighted by molar-refractivity contribution is -0.196. The van der Waals surface area contributed by atoms with Crippen LogP contribution in [0.25, 0.3) is 0 Å². The zero-order valence-corrected chi connectivity index (χ0v) is 10.5. The van der Waals surface area contributed by atoms with E-state index >= 15 is 0 Å². The van der Waals surface area contributed by atoms with Crippen LogP contribution in [0.2, 0.25) is 0 Å². The van der Waals surface area contributed by atoms with Gasteiger partial charge < -0.3 is 9.47 Å². The lowest BCUT2D eigenvalue weighted by atomic mass is 10.4. The molecule has 1 saturated heterocycles. The molecule has 1 fully saturated rings. The average molecular weight is 259 g/mol. The molecule has 1 heterocycles. The number of rotatable bonds is 7. The highest BCUT2D eigenvalue weighted by Crippen LogP contribution is 2.12. The van der Waals surface area contributed by atoms with Gasteiger partial charge in [-0.2, -0.15) is 5.06 Å². The fourth-order valence-corrected chi connectivity index (χ4v) is 1.36. The molecule has 0 N–H and O–H groups in total. The van der Waals surface area contributed by atoms with Gasteiger partial charge in [-0.1, -0.05) is 0 Å². The Balaban J connectivity index is 2.24. The summed E-state index contributed by atoms with van der Waals surface area (Å²) in [6, 6.07) is 0. The van der Waals surface area contributed by atoms with Gasteiger partial charge >= 0.3 is 5.97 Å². The van der Waals surface area contributed by atoms with Gasteiger partial charge in [-0.3, -0.25) is 14.4 Å². The Morgan fingerprint density at radius 1 is 1.33 bits per heavy atom. The van der Waals surface area contributed by atoms with E-state index in [4.69, 9.17) is 14.3 Å². The van der Waals surface area contributed by atoms with Gasteiger partial charge in [0.15, 0.2) is 0 Å². The molecule has 1 unspecified atom stereocenters. The van der Waals surface area contributed by atoms with E-state index in [1.165, 1.54) is 0 Å². The molecule has 1 rings (SSSR count). The number of carbonyl (C=O) groups is 3. The molecule has 18 heavy (non-hydrogen) atoms. The third-order valence-corrected chi connectivity index (χ3v) is 2.20. The maximum Gasteiger partial charge on any atom is 0.332 e. The van der Waals surface area contributed by atoms with Crippen molar-refractivity contribution in [3.05, 3.63) is 0 Å². The Kier molecular flexibility index (Phi) is 5.73. The number of esters is 1. The summed E-state index contributed by atoms with van der Waals surface area (Å²) in [4.78, 5) is 38.6. The van der Waals surface area contributed by atoms with E-state index in [9.17, 15) is 14.4 Å². The summed E-state index contributed by atoms with van der Waals surface area (Å²) in [6.07, 6.45) is -0.228. The lowest BCUT2D eigenvalue weighted by Gasteiger charge is -2.17. The highest BCUT2D eigenvalue weighted by molar-refractivity contribution is 6.00. The smallest absolute Gasteiger partial charge is 0.332 e. The highest BCUT2D eigenvalue weighted by atomic mass is 16.7. The van der Waals surface area contributed by atoms with Crippen molar-refractivity contribution in [1.29, 1.82) is 0 Å². The van der Waals surface area contributed by atoms with Crippen molar-refractivity contribution in [2.24, 2.45) is 0 Å². The van der Waals surface area contributed by atoms with Crippen LogP contribution in [-0.2, 0) is 28.7 Å². The summed E-state index contributed by atoms with van der Waals surface area (Å²) in [5, 5.41) is 0.729. The van der Waals surface area contributed by atoms with Crippen LogP contribution in [0.3, 0.4) is 0 Å². The second-order valence-electron chi connectivity index (χ2n) is 3.82. The van der Waals surface area contributed by atoms with E-state index in [0.717, 1.165) is 5.06 Å². The van der Waals surface area contributed by atoms with Gasteiger partial charge in [0.1, 0.15) is 19.3 Å². The van der Waals surface area contributed by atoms with Crippen LogP contribution in [0.15, 0.2) is 0 Å². The molecule has 0 aliphatic carbocycles. The van der Waals surface area contributed by atoms with Crippen molar-refractivity contribution in [2.45, 2.75) is 32.8 Å². The third kappa shape index (κ3) is 4.42. The molecule has 1 aliphatic heterocycles. The molecule has 0 aromatic heterocycles. The summed E-state index contributed by atoms with van der Waals surface area (Å²) in [5.41, 5.74) is 0. The molecule has 0 saturated carbocycles. The normalized spacial score (nSPS) is 17.1. The molecular formula is C11H17NO6. The number of hydrogen-bond donors (Lipinski definition) is 0. The van der Waals surface area contributed by atoms with Gasteiger partial charge in [0.2, 0.25) is 0 Å². The first-order valence-corrected chi connectivity index (χ1v) is 5.80. The second-order valence-corrected chi connectivity index (χ2v) is 3.82. The molecule has 102 valence electrons. The molecule has 0 bridgehead atoms. The number of ether oxygens (including phenoxy) is 2. The standard InChI is InChI=1S/C11H17NO6/c1-3-16-7-11(15)18-8(2)6-17-12-9(13)4-5-10(12)14/h8H,3-7H2,1-2H3. The highest BCUT2D eigenvalue weighted by Gasteiger charge is 2.30. The maximum absolute atomic E-state index is 11.2. The number of amides is 2. The van der Waals surface area contributed by atoms with Crippen LogP contribution in [0, 0.1) is 0 Å². The molecule has 0 radical (unpaired) electrons. The SMILES string of the molecule is CCOCC(=O)OC(C)CON1C(=O)CCC1=O. The summed E-state index contributed by atoms with van der Waals surface area (Å²) in [7, 11) is 0. The van der Waals surface area contributed by atoms with E-state index in [1.54, 1.807) is 13.8 Å². The van der Waals surface area contributed by atoms with Crippen molar-refractivity contribution < 1.29 is 28.7 Å². The molecule has 7 heteroatoms. The van der Waals surface area contributed by atoms with Crippen LogP contribution in [0.4, 0.5) is 0 Å². The van der Waals surface area contributed by atoms with Crippen LogP contribution < -0.4 is 0 Å². The Labute approximate surface area is 105 Å². The lowest BCUT2D eigenvalue weighted by Crippen LogP contribution is -2.33. The topological polar surface area (TPSA) is 82.1 Å². The minimum Gasteiger partial charge on any atom is -0.458 e. The van der Waals surface area contributed by atoms with Crippen LogP contribution in [0.5, 0.6) is 0 Å². The second kappa shape index (κ2) is 7.07. The van der Waals surface area contributed by atoms with Crippen LogP contribution in [-0.4, -0.2) is 48.8 Å². The third-order valence-electron chi connectivity index (χ3n) is 2.20. The van der Waals surface area contributed by atoms with Crippen molar-refractivity contribution in [3.63, 3.8) is 0 Å². The molecule has 7 nitrogen and oxygen atoms in total. The summed E-state index contributed by atoms with van der Waals surface area (Å²) < 4.78 is 9.82. The molecule has 0 spiro atoms. The predicted octanol–water partition coefficient (Wildman–Crippen LogP) is 0.0352. The molecule has 0 aromatic carbocycles. The first-order valence-electron chi connectivity index (χ1n) is 5.80. The van der Waals surface area contributed by atoms with Crippen molar-refractivity contribution >= 4 is 17.8 Å². The number of carbonyl (C=O) groups excluding carboxylic acids is 3. The first kappa shape index (κ1) is 14.6. The largest absolute Gasteiger partial charge is 0.458 e.